The van der Waals surface area contributed by atoms with E-state index in [1.807, 2.05) is 60.1 Å². The van der Waals surface area contributed by atoms with Crippen molar-refractivity contribution in [3.63, 3.8) is 0 Å². The van der Waals surface area contributed by atoms with Crippen LogP contribution in [0.25, 0.3) is 20.8 Å². The summed E-state index contributed by atoms with van der Waals surface area (Å²) in [7, 11) is 0. The van der Waals surface area contributed by atoms with Crippen molar-refractivity contribution < 1.29 is 14.6 Å². The highest BCUT2D eigenvalue weighted by molar-refractivity contribution is 7.98. The maximum absolute atomic E-state index is 10.9. The van der Waals surface area contributed by atoms with Crippen LogP contribution in [-0.2, 0) is 9.47 Å². The highest BCUT2D eigenvalue weighted by atomic mass is 32.2. The number of fused-ring (bicyclic) bond motifs is 2. The second-order valence-corrected chi connectivity index (χ2v) is 11.9. The van der Waals surface area contributed by atoms with Crippen molar-refractivity contribution in [1.82, 2.24) is 19.9 Å². The molecule has 182 valence electrons. The average Bonchev–Trinajstić information content (AvgIpc) is 3.39. The van der Waals surface area contributed by atoms with Gasteiger partial charge in [0.2, 0.25) is 0 Å². The van der Waals surface area contributed by atoms with Crippen LogP contribution in [0.15, 0.2) is 17.4 Å². The summed E-state index contributed by atoms with van der Waals surface area (Å²) in [5, 5.41) is 16.1. The van der Waals surface area contributed by atoms with Crippen LogP contribution in [-0.4, -0.2) is 60.9 Å². The lowest BCUT2D eigenvalue weighted by Gasteiger charge is -2.31. The number of ether oxygens (including phenoxy) is 2. The maximum Gasteiger partial charge on any atom is 0.189 e. The second-order valence-electron chi connectivity index (χ2n) is 10.1. The quantitative estimate of drug-likeness (QED) is 0.384. The molecule has 5 rings (SSSR count). The number of thioether (sulfide) groups is 1. The number of aryl methyl sites for hydroxylation is 2. The van der Waals surface area contributed by atoms with Crippen LogP contribution < -0.4 is 5.32 Å². The van der Waals surface area contributed by atoms with Crippen molar-refractivity contribution in [2.45, 2.75) is 82.8 Å². The largest absolute Gasteiger partial charge is 0.390 e. The number of hydrogen-bond acceptors (Lipinski definition) is 10. The Bertz CT molecular complexity index is 1240. The highest BCUT2D eigenvalue weighted by Gasteiger charge is 2.57. The molecule has 8 nitrogen and oxygen atoms in total. The summed E-state index contributed by atoms with van der Waals surface area (Å²) in [4.78, 5) is 18.9. The molecular formula is C24H31N5O3S2. The molecule has 1 saturated heterocycles. The Kier molecular flexibility index (Phi) is 5.88. The third-order valence-electron chi connectivity index (χ3n) is 6.65. The Morgan fingerprint density at radius 3 is 2.56 bits per heavy atom. The molecular weight excluding hydrogens is 470 g/mol. The minimum atomic E-state index is -0.893. The fraction of sp³-hybridized carbons (Fsp3) is 0.583. The molecule has 2 fully saturated rings. The van der Waals surface area contributed by atoms with Gasteiger partial charge in [-0.3, -0.25) is 4.98 Å². The second kappa shape index (κ2) is 8.37. The van der Waals surface area contributed by atoms with Gasteiger partial charge in [0.05, 0.1) is 39.4 Å². The SMILES string of the molecule is CSc1nc(C)c(-c2nc3c(C)nccc3s2)c(N[C@@H]2CC(C(C)(C)O)[C@H]3OC(C)(C)O[C@H]32)n1. The monoisotopic (exact) mass is 501 g/mol. The van der Waals surface area contributed by atoms with Crippen molar-refractivity contribution >= 4 is 39.1 Å². The van der Waals surface area contributed by atoms with E-state index in [2.05, 4.69) is 10.3 Å². The van der Waals surface area contributed by atoms with Gasteiger partial charge in [-0.2, -0.15) is 0 Å². The molecule has 0 aromatic carbocycles. The minimum Gasteiger partial charge on any atom is -0.390 e. The first-order valence-corrected chi connectivity index (χ1v) is 13.5. The summed E-state index contributed by atoms with van der Waals surface area (Å²) in [5.74, 6) is -0.0414. The van der Waals surface area contributed by atoms with Crippen molar-refractivity contribution in [2.75, 3.05) is 11.6 Å². The van der Waals surface area contributed by atoms with Crippen LogP contribution >= 0.6 is 23.1 Å². The van der Waals surface area contributed by atoms with Gasteiger partial charge in [0.15, 0.2) is 10.9 Å². The molecule has 2 aliphatic rings. The summed E-state index contributed by atoms with van der Waals surface area (Å²) >= 11 is 3.12. The summed E-state index contributed by atoms with van der Waals surface area (Å²) in [6, 6.07) is 1.91. The van der Waals surface area contributed by atoms with Gasteiger partial charge in [0.1, 0.15) is 22.4 Å². The molecule has 1 aliphatic carbocycles. The van der Waals surface area contributed by atoms with Gasteiger partial charge in [-0.25, -0.2) is 15.0 Å². The van der Waals surface area contributed by atoms with Gasteiger partial charge >= 0.3 is 0 Å². The van der Waals surface area contributed by atoms with Gasteiger partial charge < -0.3 is 19.9 Å². The molecule has 0 amide bonds. The maximum atomic E-state index is 10.9. The van der Waals surface area contributed by atoms with Crippen molar-refractivity contribution in [3.05, 3.63) is 23.7 Å². The summed E-state index contributed by atoms with van der Waals surface area (Å²) < 4.78 is 13.6. The van der Waals surface area contributed by atoms with Crippen LogP contribution in [0.5, 0.6) is 0 Å². The molecule has 3 aromatic rings. The zero-order chi connectivity index (χ0) is 24.4. The van der Waals surface area contributed by atoms with E-state index in [4.69, 9.17) is 24.4 Å². The molecule has 10 heteroatoms. The number of anilines is 1. The van der Waals surface area contributed by atoms with E-state index in [1.54, 1.807) is 11.3 Å². The first kappa shape index (κ1) is 23.9. The lowest BCUT2D eigenvalue weighted by molar-refractivity contribution is -0.166. The van der Waals surface area contributed by atoms with E-state index in [0.717, 1.165) is 38.0 Å². The zero-order valence-corrected chi connectivity index (χ0v) is 22.2. The minimum absolute atomic E-state index is 0.0700. The molecule has 0 radical (unpaired) electrons. The number of aliphatic hydroxyl groups is 1. The van der Waals surface area contributed by atoms with Crippen molar-refractivity contribution in [3.8, 4) is 10.6 Å². The van der Waals surface area contributed by atoms with Crippen LogP contribution in [0, 0.1) is 19.8 Å². The van der Waals surface area contributed by atoms with Gasteiger partial charge in [0.25, 0.3) is 0 Å². The highest BCUT2D eigenvalue weighted by Crippen LogP contribution is 2.47. The third-order valence-corrected chi connectivity index (χ3v) is 8.24. The van der Waals surface area contributed by atoms with Gasteiger partial charge in [-0.1, -0.05) is 11.8 Å². The van der Waals surface area contributed by atoms with Gasteiger partial charge in [-0.05, 0) is 60.3 Å². The fourth-order valence-corrected chi connectivity index (χ4v) is 6.60. The number of rotatable bonds is 5. The topological polar surface area (TPSA) is 102 Å². The number of aromatic nitrogens is 4. The van der Waals surface area contributed by atoms with Crippen LogP contribution in [0.4, 0.5) is 5.82 Å². The van der Waals surface area contributed by atoms with Gasteiger partial charge in [-0.15, -0.1) is 11.3 Å². The third kappa shape index (κ3) is 4.19. The molecule has 2 N–H and O–H groups in total. The average molecular weight is 502 g/mol. The Morgan fingerprint density at radius 2 is 1.88 bits per heavy atom. The molecule has 1 aliphatic heterocycles. The van der Waals surface area contributed by atoms with E-state index >= 15 is 0 Å². The predicted octanol–water partition coefficient (Wildman–Crippen LogP) is 4.58. The van der Waals surface area contributed by atoms with E-state index in [1.165, 1.54) is 11.8 Å². The Hall–Kier alpha value is -1.85. The molecule has 0 spiro atoms. The zero-order valence-electron chi connectivity index (χ0n) is 20.5. The Balaban J connectivity index is 1.57. The van der Waals surface area contributed by atoms with E-state index in [-0.39, 0.29) is 24.2 Å². The first-order valence-electron chi connectivity index (χ1n) is 11.5. The number of nitrogens with zero attached hydrogens (tertiary/aromatic N) is 4. The number of hydrogen-bond donors (Lipinski definition) is 2. The van der Waals surface area contributed by atoms with E-state index in [0.29, 0.717) is 11.6 Å². The molecule has 1 unspecified atom stereocenters. The van der Waals surface area contributed by atoms with Crippen LogP contribution in [0.3, 0.4) is 0 Å². The Morgan fingerprint density at radius 1 is 1.15 bits per heavy atom. The summed E-state index contributed by atoms with van der Waals surface area (Å²) in [6.45, 7) is 11.5. The normalized spacial score (nSPS) is 26.2. The first-order chi connectivity index (χ1) is 16.0. The lowest BCUT2D eigenvalue weighted by Crippen LogP contribution is -2.39. The standard InChI is InChI=1S/C24H31N5O3S2/c1-11-16(21-28-17-12(2)25-9-8-15(17)34-21)20(29-22(26-11)33-7)27-14-10-13(23(3,4)30)18-19(14)32-24(5,6)31-18/h8-9,13-14,18-19,30H,10H2,1-7H3,(H,26,27,29)/t13?,14-,18-,19+/m1/s1. The van der Waals surface area contributed by atoms with E-state index < -0.39 is 11.4 Å². The lowest BCUT2D eigenvalue weighted by atomic mass is 9.87. The summed E-state index contributed by atoms with van der Waals surface area (Å²) in [5.41, 5.74) is 2.66. The molecule has 0 bridgehead atoms. The number of thiazole rings is 1. The Labute approximate surface area is 207 Å². The molecule has 1 saturated carbocycles. The molecule has 3 aromatic heterocycles. The predicted molar refractivity (Wildman–Crippen MR) is 135 cm³/mol. The molecule has 4 heterocycles. The molecule has 4 atom stereocenters. The summed E-state index contributed by atoms with van der Waals surface area (Å²) in [6.07, 6.45) is 4.09. The van der Waals surface area contributed by atoms with Crippen LogP contribution in [0.1, 0.15) is 45.5 Å². The van der Waals surface area contributed by atoms with Gasteiger partial charge in [0, 0.05) is 12.1 Å². The van der Waals surface area contributed by atoms with Crippen molar-refractivity contribution in [2.24, 2.45) is 5.92 Å². The van der Waals surface area contributed by atoms with E-state index in [9.17, 15) is 5.11 Å². The number of pyridine rings is 1. The fourth-order valence-electron chi connectivity index (χ4n) is 5.08. The smallest absolute Gasteiger partial charge is 0.189 e. The van der Waals surface area contributed by atoms with Crippen molar-refractivity contribution in [1.29, 1.82) is 0 Å². The molecule has 34 heavy (non-hydrogen) atoms. The van der Waals surface area contributed by atoms with Crippen LogP contribution in [0.2, 0.25) is 0 Å². The number of nitrogens with one attached hydrogen (secondary N) is 1.